The van der Waals surface area contributed by atoms with Crippen LogP contribution in [0.15, 0.2) is 53.6 Å². The lowest BCUT2D eigenvalue weighted by Crippen LogP contribution is -2.18. The second-order valence-electron chi connectivity index (χ2n) is 7.30. The second-order valence-corrected chi connectivity index (χ2v) is 8.12. The number of nitrogens with zero attached hydrogens (tertiary/aromatic N) is 2. The van der Waals surface area contributed by atoms with Gasteiger partial charge in [-0.25, -0.2) is 14.4 Å². The van der Waals surface area contributed by atoms with Gasteiger partial charge in [0.1, 0.15) is 28.0 Å². The molecule has 2 aromatic heterocycles. The third-order valence-corrected chi connectivity index (χ3v) is 4.85. The Bertz CT molecular complexity index is 1090. The molecule has 9 heteroatoms. The van der Waals surface area contributed by atoms with E-state index in [9.17, 15) is 9.18 Å². The minimum Gasteiger partial charge on any atom is -0.493 e. The monoisotopic (exact) mass is 456 g/mol. The van der Waals surface area contributed by atoms with Crippen LogP contribution in [-0.4, -0.2) is 29.1 Å². The minimum atomic E-state index is -0.436. The summed E-state index contributed by atoms with van der Waals surface area (Å²) >= 11 is 1.04. The summed E-state index contributed by atoms with van der Waals surface area (Å²) in [5, 5.41) is 0.551. The molecule has 1 amide bonds. The molecule has 0 atom stereocenters. The van der Waals surface area contributed by atoms with E-state index in [1.165, 1.54) is 12.1 Å². The van der Waals surface area contributed by atoms with Crippen molar-refractivity contribution < 1.29 is 18.7 Å². The average molecular weight is 457 g/mol. The summed E-state index contributed by atoms with van der Waals surface area (Å²) in [4.78, 5) is 21.3. The molecule has 0 aliphatic rings. The molecule has 0 aliphatic heterocycles. The van der Waals surface area contributed by atoms with Gasteiger partial charge in [-0.1, -0.05) is 19.9 Å². The maximum absolute atomic E-state index is 14.2. The molecule has 3 aromatic rings. The van der Waals surface area contributed by atoms with Gasteiger partial charge in [0.25, 0.3) is 5.91 Å². The van der Waals surface area contributed by atoms with Crippen molar-refractivity contribution in [1.82, 2.24) is 14.7 Å². The number of nitrogens with two attached hydrogens (primary N) is 1. The van der Waals surface area contributed by atoms with E-state index in [0.717, 1.165) is 11.9 Å². The summed E-state index contributed by atoms with van der Waals surface area (Å²) < 4.78 is 28.1. The SMILES string of the molecule is CCOc1nc(-c2cc(F)cc(OCC(C)C)c2)ccc1C(=O)NSc1cccc(N)n1. The zero-order valence-electron chi connectivity index (χ0n) is 18.1. The molecule has 2 heterocycles. The van der Waals surface area contributed by atoms with E-state index in [1.807, 2.05) is 13.8 Å². The molecule has 0 fully saturated rings. The molecule has 0 unspecified atom stereocenters. The summed E-state index contributed by atoms with van der Waals surface area (Å²) in [5.74, 6) is 0.398. The maximum Gasteiger partial charge on any atom is 0.266 e. The summed E-state index contributed by atoms with van der Waals surface area (Å²) in [5.41, 5.74) is 6.90. The lowest BCUT2D eigenvalue weighted by atomic mass is 10.1. The topological polar surface area (TPSA) is 99.4 Å². The van der Waals surface area contributed by atoms with Crippen molar-refractivity contribution in [3.05, 3.63) is 59.9 Å². The van der Waals surface area contributed by atoms with Crippen LogP contribution in [0.1, 0.15) is 31.1 Å². The molecule has 168 valence electrons. The number of ether oxygens (including phenoxy) is 2. The summed E-state index contributed by atoms with van der Waals surface area (Å²) in [6, 6.07) is 12.8. The Hall–Kier alpha value is -3.33. The van der Waals surface area contributed by atoms with Gasteiger partial charge in [-0.15, -0.1) is 0 Å². The number of nitrogen functional groups attached to an aromatic ring is 1. The fraction of sp³-hybridized carbons (Fsp3) is 0.261. The lowest BCUT2D eigenvalue weighted by Gasteiger charge is -2.13. The first-order valence-corrected chi connectivity index (χ1v) is 10.9. The fourth-order valence-electron chi connectivity index (χ4n) is 2.72. The molecule has 32 heavy (non-hydrogen) atoms. The number of benzene rings is 1. The molecule has 0 radical (unpaired) electrons. The number of anilines is 1. The van der Waals surface area contributed by atoms with Crippen LogP contribution in [0, 0.1) is 11.7 Å². The number of hydrogen-bond acceptors (Lipinski definition) is 7. The van der Waals surface area contributed by atoms with Gasteiger partial charge in [-0.2, -0.15) is 0 Å². The first-order chi connectivity index (χ1) is 15.4. The summed E-state index contributed by atoms with van der Waals surface area (Å²) in [7, 11) is 0. The average Bonchev–Trinajstić information content (AvgIpc) is 2.76. The van der Waals surface area contributed by atoms with Crippen LogP contribution in [0.2, 0.25) is 0 Å². The maximum atomic E-state index is 14.2. The van der Waals surface area contributed by atoms with Gasteiger partial charge >= 0.3 is 0 Å². The molecular formula is C23H25FN4O3S. The molecule has 1 aromatic carbocycles. The molecule has 7 nitrogen and oxygen atoms in total. The highest BCUT2D eigenvalue weighted by molar-refractivity contribution is 7.97. The molecule has 0 aliphatic carbocycles. The molecule has 3 N–H and O–H groups in total. The van der Waals surface area contributed by atoms with Crippen molar-refractivity contribution in [2.24, 2.45) is 5.92 Å². The third kappa shape index (κ3) is 6.34. The number of carbonyl (C=O) groups excluding carboxylic acids is 1. The van der Waals surface area contributed by atoms with Crippen LogP contribution >= 0.6 is 11.9 Å². The number of hydrogen-bond donors (Lipinski definition) is 2. The Labute approximate surface area is 190 Å². The van der Waals surface area contributed by atoms with Gasteiger partial charge in [0.15, 0.2) is 0 Å². The Morgan fingerprint density at radius 1 is 1.16 bits per heavy atom. The van der Waals surface area contributed by atoms with Crippen LogP contribution in [0.4, 0.5) is 10.2 Å². The number of amides is 1. The second kappa shape index (κ2) is 10.8. The van der Waals surface area contributed by atoms with E-state index in [-0.39, 0.29) is 11.4 Å². The summed E-state index contributed by atoms with van der Waals surface area (Å²) in [6.07, 6.45) is 0. The quantitative estimate of drug-likeness (QED) is 0.449. The van der Waals surface area contributed by atoms with Gasteiger partial charge in [0.05, 0.1) is 18.9 Å². The van der Waals surface area contributed by atoms with Gasteiger partial charge in [0, 0.05) is 23.6 Å². The van der Waals surface area contributed by atoms with Crippen molar-refractivity contribution in [1.29, 1.82) is 0 Å². The van der Waals surface area contributed by atoms with Crippen molar-refractivity contribution in [2.75, 3.05) is 18.9 Å². The van der Waals surface area contributed by atoms with Gasteiger partial charge < -0.3 is 15.2 Å². The molecule has 0 saturated carbocycles. The van der Waals surface area contributed by atoms with E-state index < -0.39 is 11.7 Å². The predicted molar refractivity (Wildman–Crippen MR) is 123 cm³/mol. The highest BCUT2D eigenvalue weighted by Crippen LogP contribution is 2.28. The molecule has 3 rings (SSSR count). The highest BCUT2D eigenvalue weighted by Gasteiger charge is 2.17. The Morgan fingerprint density at radius 2 is 1.97 bits per heavy atom. The van der Waals surface area contributed by atoms with Gasteiger partial charge in [0.2, 0.25) is 5.88 Å². The number of pyridine rings is 2. The number of rotatable bonds is 9. The minimum absolute atomic E-state index is 0.151. The van der Waals surface area contributed by atoms with Gasteiger partial charge in [-0.3, -0.25) is 9.52 Å². The lowest BCUT2D eigenvalue weighted by molar-refractivity contribution is 0.0980. The van der Waals surface area contributed by atoms with Crippen molar-refractivity contribution in [2.45, 2.75) is 25.8 Å². The van der Waals surface area contributed by atoms with Crippen molar-refractivity contribution in [3.8, 4) is 22.9 Å². The molecular weight excluding hydrogens is 431 g/mol. The van der Waals surface area contributed by atoms with Crippen LogP contribution in [0.5, 0.6) is 11.6 Å². The molecule has 0 saturated heterocycles. The van der Waals surface area contributed by atoms with Crippen LogP contribution in [0.25, 0.3) is 11.3 Å². The van der Waals surface area contributed by atoms with E-state index in [0.29, 0.717) is 47.0 Å². The third-order valence-electron chi connectivity index (χ3n) is 4.13. The zero-order valence-corrected chi connectivity index (χ0v) is 18.9. The smallest absolute Gasteiger partial charge is 0.266 e. The van der Waals surface area contributed by atoms with E-state index in [1.54, 1.807) is 43.3 Å². The Balaban J connectivity index is 1.83. The van der Waals surface area contributed by atoms with Crippen molar-refractivity contribution >= 4 is 23.7 Å². The van der Waals surface area contributed by atoms with Crippen LogP contribution < -0.4 is 19.9 Å². The number of nitrogens with one attached hydrogen (secondary N) is 1. The number of carbonyl (C=O) groups is 1. The summed E-state index contributed by atoms with van der Waals surface area (Å²) in [6.45, 7) is 6.61. The number of halogens is 1. The fourth-order valence-corrected chi connectivity index (χ4v) is 3.32. The standard InChI is InChI=1S/C23H25FN4O3S/c1-4-30-23-18(22(29)28-32-21-7-5-6-20(25)27-21)8-9-19(26-23)15-10-16(24)12-17(11-15)31-13-14(2)3/h5-12,14H,4,13H2,1-3H3,(H2,25,27)(H,28,29). The van der Waals surface area contributed by atoms with Crippen LogP contribution in [0.3, 0.4) is 0 Å². The van der Waals surface area contributed by atoms with Crippen molar-refractivity contribution in [3.63, 3.8) is 0 Å². The van der Waals surface area contributed by atoms with E-state index >= 15 is 0 Å². The first-order valence-electron chi connectivity index (χ1n) is 10.1. The number of aromatic nitrogens is 2. The Morgan fingerprint density at radius 3 is 2.69 bits per heavy atom. The van der Waals surface area contributed by atoms with Crippen LogP contribution in [-0.2, 0) is 0 Å². The highest BCUT2D eigenvalue weighted by atomic mass is 32.2. The molecule has 0 spiro atoms. The first kappa shape index (κ1) is 23.3. The van der Waals surface area contributed by atoms with E-state index in [2.05, 4.69) is 14.7 Å². The zero-order chi connectivity index (χ0) is 23.1. The normalized spacial score (nSPS) is 10.8. The van der Waals surface area contributed by atoms with E-state index in [4.69, 9.17) is 15.2 Å². The Kier molecular flexibility index (Phi) is 7.88. The predicted octanol–water partition coefficient (Wildman–Crippen LogP) is 4.74. The molecule has 0 bridgehead atoms. The van der Waals surface area contributed by atoms with Gasteiger partial charge in [-0.05, 0) is 49.2 Å². The largest absolute Gasteiger partial charge is 0.493 e.